The highest BCUT2D eigenvalue weighted by atomic mass is 16.5. The van der Waals surface area contributed by atoms with Crippen molar-refractivity contribution in [1.29, 1.82) is 0 Å². The first-order valence-corrected chi connectivity index (χ1v) is 6.36. The minimum Gasteiger partial charge on any atom is -0.506 e. The maximum Gasteiger partial charge on any atom is 0.224 e. The van der Waals surface area contributed by atoms with Crippen LogP contribution in [-0.4, -0.2) is 22.6 Å². The van der Waals surface area contributed by atoms with Crippen LogP contribution in [0.1, 0.15) is 12.8 Å². The number of carbonyl (C=O) groups is 1. The summed E-state index contributed by atoms with van der Waals surface area (Å²) in [6.07, 6.45) is 4.22. The molecule has 1 aromatic heterocycles. The molecule has 0 unspecified atom stereocenters. The fourth-order valence-corrected chi connectivity index (χ4v) is 1.65. The smallest absolute Gasteiger partial charge is 0.224 e. The number of phenolic OH excluding ortho intramolecular Hbond substituents is 1. The van der Waals surface area contributed by atoms with Gasteiger partial charge >= 0.3 is 0 Å². The number of aromatic nitrogens is 1. The van der Waals surface area contributed by atoms with Crippen molar-refractivity contribution in [1.82, 2.24) is 4.98 Å². The fraction of sp³-hybridized carbons (Fsp3) is 0.200. The maximum absolute atomic E-state index is 11.7. The Balaban J connectivity index is 1.69. The van der Waals surface area contributed by atoms with Crippen molar-refractivity contribution in [2.75, 3.05) is 11.9 Å². The van der Waals surface area contributed by atoms with Crippen molar-refractivity contribution in [3.8, 4) is 11.5 Å². The zero-order valence-corrected chi connectivity index (χ0v) is 11.0. The normalized spacial score (nSPS) is 10.0. The van der Waals surface area contributed by atoms with Gasteiger partial charge in [-0.3, -0.25) is 9.78 Å². The van der Waals surface area contributed by atoms with Crippen molar-refractivity contribution in [3.05, 3.63) is 48.8 Å². The highest BCUT2D eigenvalue weighted by molar-refractivity contribution is 5.92. The van der Waals surface area contributed by atoms with Gasteiger partial charge in [0.25, 0.3) is 0 Å². The lowest BCUT2D eigenvalue weighted by Crippen LogP contribution is -2.12. The zero-order chi connectivity index (χ0) is 14.2. The number of aromatic hydroxyl groups is 1. The topological polar surface area (TPSA) is 71.5 Å². The van der Waals surface area contributed by atoms with Crippen LogP contribution in [0.2, 0.25) is 0 Å². The summed E-state index contributed by atoms with van der Waals surface area (Å²) in [6.45, 7) is 0.444. The lowest BCUT2D eigenvalue weighted by molar-refractivity contribution is -0.116. The third kappa shape index (κ3) is 4.28. The number of pyridine rings is 1. The molecule has 2 rings (SSSR count). The van der Waals surface area contributed by atoms with Crippen LogP contribution in [0.5, 0.6) is 11.5 Å². The molecule has 0 radical (unpaired) electrons. The predicted molar refractivity (Wildman–Crippen MR) is 75.7 cm³/mol. The molecule has 0 spiro atoms. The fourth-order valence-electron chi connectivity index (χ4n) is 1.65. The summed E-state index contributed by atoms with van der Waals surface area (Å²) in [4.78, 5) is 15.6. The summed E-state index contributed by atoms with van der Waals surface area (Å²) in [5.41, 5.74) is 0.422. The average molecular weight is 272 g/mol. The first kappa shape index (κ1) is 13.9. The number of benzene rings is 1. The van der Waals surface area contributed by atoms with Gasteiger partial charge in [-0.15, -0.1) is 0 Å². The Bertz CT molecular complexity index is 558. The van der Waals surface area contributed by atoms with E-state index in [1.54, 1.807) is 36.7 Å². The predicted octanol–water partition coefficient (Wildman–Crippen LogP) is 2.58. The van der Waals surface area contributed by atoms with Crippen LogP contribution in [0.25, 0.3) is 0 Å². The number of hydrogen-bond donors (Lipinski definition) is 2. The van der Waals surface area contributed by atoms with Gasteiger partial charge in [0.2, 0.25) is 5.91 Å². The molecule has 1 amide bonds. The van der Waals surface area contributed by atoms with E-state index in [9.17, 15) is 9.90 Å². The number of nitrogens with one attached hydrogen (secondary N) is 1. The van der Waals surface area contributed by atoms with Crippen molar-refractivity contribution in [2.45, 2.75) is 12.8 Å². The van der Waals surface area contributed by atoms with Crippen LogP contribution in [0.4, 0.5) is 5.69 Å². The SMILES string of the molecule is O=C(CCCOc1cccnc1)Nc1ccccc1O. The highest BCUT2D eigenvalue weighted by Gasteiger charge is 2.05. The van der Waals surface area contributed by atoms with Crippen LogP contribution in [0.3, 0.4) is 0 Å². The van der Waals surface area contributed by atoms with Gasteiger partial charge in [-0.2, -0.15) is 0 Å². The first-order valence-electron chi connectivity index (χ1n) is 6.36. The van der Waals surface area contributed by atoms with Gasteiger partial charge in [-0.1, -0.05) is 12.1 Å². The molecule has 5 heteroatoms. The van der Waals surface area contributed by atoms with Gasteiger partial charge in [-0.25, -0.2) is 0 Å². The molecule has 0 aliphatic carbocycles. The van der Waals surface area contributed by atoms with E-state index >= 15 is 0 Å². The van der Waals surface area contributed by atoms with E-state index in [1.165, 1.54) is 6.07 Å². The minimum absolute atomic E-state index is 0.0625. The molecule has 0 aliphatic heterocycles. The van der Waals surface area contributed by atoms with Crippen LogP contribution >= 0.6 is 0 Å². The summed E-state index contributed by atoms with van der Waals surface area (Å²) >= 11 is 0. The van der Waals surface area contributed by atoms with E-state index in [0.29, 0.717) is 30.9 Å². The summed E-state index contributed by atoms with van der Waals surface area (Å²) in [5.74, 6) is 0.599. The summed E-state index contributed by atoms with van der Waals surface area (Å²) in [6, 6.07) is 10.2. The number of hydrogen-bond acceptors (Lipinski definition) is 4. The Morgan fingerprint density at radius 3 is 2.85 bits per heavy atom. The molecule has 0 fully saturated rings. The maximum atomic E-state index is 11.7. The standard InChI is InChI=1S/C15H16N2O3/c18-14-7-2-1-6-13(14)17-15(19)8-4-10-20-12-5-3-9-16-11-12/h1-3,5-7,9,11,18H,4,8,10H2,(H,17,19). The molecule has 2 N–H and O–H groups in total. The average Bonchev–Trinajstić information content (AvgIpc) is 2.47. The molecule has 0 aliphatic rings. The zero-order valence-electron chi connectivity index (χ0n) is 11.0. The minimum atomic E-state index is -0.152. The van der Waals surface area contributed by atoms with E-state index in [4.69, 9.17) is 4.74 Å². The first-order chi connectivity index (χ1) is 9.75. The summed E-state index contributed by atoms with van der Waals surface area (Å²) < 4.78 is 5.44. The molecular formula is C15H16N2O3. The van der Waals surface area contributed by atoms with Crippen molar-refractivity contribution >= 4 is 11.6 Å². The lowest BCUT2D eigenvalue weighted by atomic mass is 10.2. The van der Waals surface area contributed by atoms with Gasteiger partial charge in [0, 0.05) is 12.6 Å². The van der Waals surface area contributed by atoms with Gasteiger partial charge < -0.3 is 15.2 Å². The number of amides is 1. The number of rotatable bonds is 6. The molecule has 1 heterocycles. The summed E-state index contributed by atoms with van der Waals surface area (Å²) in [7, 11) is 0. The second-order valence-corrected chi connectivity index (χ2v) is 4.21. The van der Waals surface area contributed by atoms with E-state index in [-0.39, 0.29) is 11.7 Å². The number of para-hydroxylation sites is 2. The molecular weight excluding hydrogens is 256 g/mol. The Kier molecular flexibility index (Phi) is 4.94. The number of nitrogens with zero attached hydrogens (tertiary/aromatic N) is 1. The molecule has 0 atom stereocenters. The quantitative estimate of drug-likeness (QED) is 0.626. The van der Waals surface area contributed by atoms with E-state index in [0.717, 1.165) is 0 Å². The molecule has 1 aromatic carbocycles. The largest absolute Gasteiger partial charge is 0.506 e. The number of ether oxygens (including phenoxy) is 1. The Morgan fingerprint density at radius 1 is 1.25 bits per heavy atom. The van der Waals surface area contributed by atoms with E-state index in [1.807, 2.05) is 6.07 Å². The van der Waals surface area contributed by atoms with Crippen molar-refractivity contribution < 1.29 is 14.6 Å². The van der Waals surface area contributed by atoms with E-state index in [2.05, 4.69) is 10.3 Å². The van der Waals surface area contributed by atoms with Crippen LogP contribution in [0, 0.1) is 0 Å². The van der Waals surface area contributed by atoms with Crippen LogP contribution < -0.4 is 10.1 Å². The van der Waals surface area contributed by atoms with Crippen molar-refractivity contribution in [3.63, 3.8) is 0 Å². The molecule has 5 nitrogen and oxygen atoms in total. The molecule has 0 saturated carbocycles. The number of carbonyl (C=O) groups excluding carboxylic acids is 1. The molecule has 20 heavy (non-hydrogen) atoms. The second-order valence-electron chi connectivity index (χ2n) is 4.21. The van der Waals surface area contributed by atoms with E-state index < -0.39 is 0 Å². The Morgan fingerprint density at radius 2 is 2.10 bits per heavy atom. The van der Waals surface area contributed by atoms with Gasteiger partial charge in [-0.05, 0) is 30.7 Å². The molecule has 2 aromatic rings. The summed E-state index contributed by atoms with van der Waals surface area (Å²) in [5, 5.41) is 12.2. The second kappa shape index (κ2) is 7.13. The molecule has 0 bridgehead atoms. The van der Waals surface area contributed by atoms with Crippen LogP contribution in [-0.2, 0) is 4.79 Å². The van der Waals surface area contributed by atoms with Gasteiger partial charge in [0.1, 0.15) is 11.5 Å². The Labute approximate surface area is 117 Å². The monoisotopic (exact) mass is 272 g/mol. The molecule has 104 valence electrons. The third-order valence-corrected chi connectivity index (χ3v) is 2.63. The molecule has 0 saturated heterocycles. The number of anilines is 1. The lowest BCUT2D eigenvalue weighted by Gasteiger charge is -2.07. The van der Waals surface area contributed by atoms with Gasteiger partial charge in [0.05, 0.1) is 18.5 Å². The third-order valence-electron chi connectivity index (χ3n) is 2.63. The van der Waals surface area contributed by atoms with Crippen molar-refractivity contribution in [2.24, 2.45) is 0 Å². The van der Waals surface area contributed by atoms with Gasteiger partial charge in [0.15, 0.2) is 0 Å². The highest BCUT2D eigenvalue weighted by Crippen LogP contribution is 2.21. The number of phenols is 1. The van der Waals surface area contributed by atoms with Crippen LogP contribution in [0.15, 0.2) is 48.8 Å². The Hall–Kier alpha value is -2.56.